The average molecular weight is 481 g/mol. The van der Waals surface area contributed by atoms with Crippen LogP contribution in [0.3, 0.4) is 0 Å². The van der Waals surface area contributed by atoms with Crippen LogP contribution in [0.1, 0.15) is 60.3 Å². The minimum absolute atomic E-state index is 0. The van der Waals surface area contributed by atoms with Crippen molar-refractivity contribution in [1.29, 1.82) is 0 Å². The normalized spacial score (nSPS) is 18.3. The van der Waals surface area contributed by atoms with Gasteiger partial charge in [0.15, 0.2) is 5.96 Å². The molecule has 1 aliphatic rings. The van der Waals surface area contributed by atoms with E-state index in [1.165, 1.54) is 6.42 Å². The molecule has 0 saturated carbocycles. The van der Waals surface area contributed by atoms with E-state index in [4.69, 9.17) is 0 Å². The summed E-state index contributed by atoms with van der Waals surface area (Å²) in [6.45, 7) is 14.4. The second-order valence-electron chi connectivity index (χ2n) is 7.53. The molecule has 2 N–H and O–H groups in total. The van der Waals surface area contributed by atoms with E-state index in [1.807, 2.05) is 4.90 Å². The smallest absolute Gasteiger partial charge is 0.224 e. The van der Waals surface area contributed by atoms with Crippen molar-refractivity contribution in [3.63, 3.8) is 0 Å². The van der Waals surface area contributed by atoms with Crippen LogP contribution in [0.25, 0.3) is 0 Å². The Kier molecular flexibility index (Phi) is 13.3. The van der Waals surface area contributed by atoms with Gasteiger partial charge in [-0.15, -0.1) is 24.0 Å². The number of aliphatic imine (C=N–C) groups is 1. The van der Waals surface area contributed by atoms with E-state index in [-0.39, 0.29) is 29.9 Å². The van der Waals surface area contributed by atoms with Gasteiger partial charge in [0.2, 0.25) is 5.91 Å². The number of hydrogen-bond acceptors (Lipinski definition) is 3. The average Bonchev–Trinajstić information content (AvgIpc) is 2.56. The van der Waals surface area contributed by atoms with Crippen molar-refractivity contribution in [2.24, 2.45) is 4.99 Å². The first-order valence-corrected chi connectivity index (χ1v) is 9.86. The second-order valence-corrected chi connectivity index (χ2v) is 7.53. The molecule has 0 bridgehead atoms. The van der Waals surface area contributed by atoms with Gasteiger partial charge in [-0.1, -0.05) is 0 Å². The highest BCUT2D eigenvalue weighted by Crippen LogP contribution is 2.16. The van der Waals surface area contributed by atoms with Crippen molar-refractivity contribution in [3.05, 3.63) is 0 Å². The maximum Gasteiger partial charge on any atom is 0.224 e. The van der Waals surface area contributed by atoms with Crippen molar-refractivity contribution in [1.82, 2.24) is 20.4 Å². The molecule has 0 spiro atoms. The predicted octanol–water partition coefficient (Wildman–Crippen LogP) is 2.68. The number of nitrogens with zero attached hydrogens (tertiary/aromatic N) is 3. The summed E-state index contributed by atoms with van der Waals surface area (Å²) in [6, 6.07) is 1.44. The molecular weight excluding hydrogens is 441 g/mol. The molecule has 1 heterocycles. The summed E-state index contributed by atoms with van der Waals surface area (Å²) < 4.78 is 0. The Hall–Kier alpha value is -0.570. The van der Waals surface area contributed by atoms with Crippen LogP contribution >= 0.6 is 24.0 Å². The molecule has 6 nitrogen and oxygen atoms in total. The first-order valence-electron chi connectivity index (χ1n) is 9.86. The highest BCUT2D eigenvalue weighted by molar-refractivity contribution is 14.0. The van der Waals surface area contributed by atoms with Gasteiger partial charge < -0.3 is 15.5 Å². The number of amides is 1. The largest absolute Gasteiger partial charge is 0.356 e. The van der Waals surface area contributed by atoms with Crippen LogP contribution in [-0.2, 0) is 4.79 Å². The first-order chi connectivity index (χ1) is 11.9. The molecule has 26 heavy (non-hydrogen) atoms. The topological polar surface area (TPSA) is 60.0 Å². The van der Waals surface area contributed by atoms with Crippen molar-refractivity contribution in [3.8, 4) is 0 Å². The van der Waals surface area contributed by atoms with E-state index < -0.39 is 0 Å². The number of hydrogen-bond donors (Lipinski definition) is 2. The monoisotopic (exact) mass is 481 g/mol. The van der Waals surface area contributed by atoms with Gasteiger partial charge in [-0.3, -0.25) is 14.7 Å². The number of piperidine rings is 1. The number of likely N-dealkylation sites (tertiary alicyclic amines) is 1. The SMILES string of the molecule is CN=C(NCCC(=O)N1CCCCC1C)NCCN(C(C)C)C(C)C.I. The zero-order valence-corrected chi connectivity index (χ0v) is 19.9. The highest BCUT2D eigenvalue weighted by atomic mass is 127. The van der Waals surface area contributed by atoms with Crippen molar-refractivity contribution < 1.29 is 4.79 Å². The van der Waals surface area contributed by atoms with E-state index in [1.54, 1.807) is 7.05 Å². The number of nitrogens with one attached hydrogen (secondary N) is 2. The molecule has 1 aliphatic heterocycles. The number of rotatable bonds is 8. The maximum atomic E-state index is 12.4. The lowest BCUT2D eigenvalue weighted by molar-refractivity contribution is -0.134. The lowest BCUT2D eigenvalue weighted by atomic mass is 10.0. The quantitative estimate of drug-likeness (QED) is 0.318. The van der Waals surface area contributed by atoms with E-state index in [9.17, 15) is 4.79 Å². The first kappa shape index (κ1) is 25.4. The molecule has 0 aromatic carbocycles. The van der Waals surface area contributed by atoms with Crippen LogP contribution in [-0.4, -0.2) is 73.0 Å². The maximum absolute atomic E-state index is 12.4. The van der Waals surface area contributed by atoms with E-state index in [0.717, 1.165) is 38.4 Å². The molecule has 1 amide bonds. The molecule has 1 unspecified atom stereocenters. The summed E-state index contributed by atoms with van der Waals surface area (Å²) in [5, 5.41) is 6.60. The van der Waals surface area contributed by atoms with Crippen LogP contribution in [0.15, 0.2) is 4.99 Å². The van der Waals surface area contributed by atoms with Crippen LogP contribution in [0.2, 0.25) is 0 Å². The summed E-state index contributed by atoms with van der Waals surface area (Å²) in [5.41, 5.74) is 0. The Morgan fingerprint density at radius 2 is 1.77 bits per heavy atom. The minimum atomic E-state index is 0. The minimum Gasteiger partial charge on any atom is -0.356 e. The highest BCUT2D eigenvalue weighted by Gasteiger charge is 2.22. The fourth-order valence-electron chi connectivity index (χ4n) is 3.54. The molecule has 0 aromatic heterocycles. The fourth-order valence-corrected chi connectivity index (χ4v) is 3.54. The Morgan fingerprint density at radius 1 is 1.15 bits per heavy atom. The third kappa shape index (κ3) is 8.88. The van der Waals surface area contributed by atoms with Gasteiger partial charge >= 0.3 is 0 Å². The number of carbonyl (C=O) groups excluding carboxylic acids is 1. The van der Waals surface area contributed by atoms with Gasteiger partial charge in [0.25, 0.3) is 0 Å². The molecule has 7 heteroatoms. The lowest BCUT2D eigenvalue weighted by Crippen LogP contribution is -2.46. The van der Waals surface area contributed by atoms with Gasteiger partial charge in [0, 0.05) is 57.8 Å². The molecule has 1 rings (SSSR count). The Balaban J connectivity index is 0.00000625. The van der Waals surface area contributed by atoms with Gasteiger partial charge in [0.05, 0.1) is 0 Å². The van der Waals surface area contributed by atoms with Crippen LogP contribution in [0, 0.1) is 0 Å². The third-order valence-corrected chi connectivity index (χ3v) is 4.97. The molecular formula is C19H40IN5O. The summed E-state index contributed by atoms with van der Waals surface area (Å²) in [6.07, 6.45) is 4.03. The fraction of sp³-hybridized carbons (Fsp3) is 0.895. The van der Waals surface area contributed by atoms with Crippen molar-refractivity contribution >= 4 is 35.8 Å². The number of guanidine groups is 1. The molecule has 1 atom stereocenters. The molecule has 0 aliphatic carbocycles. The van der Waals surface area contributed by atoms with Gasteiger partial charge in [0.1, 0.15) is 0 Å². The third-order valence-electron chi connectivity index (χ3n) is 4.97. The zero-order valence-electron chi connectivity index (χ0n) is 17.5. The number of halogens is 1. The van der Waals surface area contributed by atoms with E-state index >= 15 is 0 Å². The molecule has 0 radical (unpaired) electrons. The van der Waals surface area contributed by atoms with Gasteiger partial charge in [-0.05, 0) is 53.9 Å². The second kappa shape index (κ2) is 13.6. The van der Waals surface area contributed by atoms with Crippen molar-refractivity contribution in [2.75, 3.05) is 33.2 Å². The van der Waals surface area contributed by atoms with Crippen molar-refractivity contribution in [2.45, 2.75) is 78.4 Å². The molecule has 154 valence electrons. The lowest BCUT2D eigenvalue weighted by Gasteiger charge is -2.33. The Morgan fingerprint density at radius 3 is 2.31 bits per heavy atom. The molecule has 1 fully saturated rings. The van der Waals surface area contributed by atoms with Crippen LogP contribution in [0.5, 0.6) is 0 Å². The standard InChI is InChI=1S/C19H39N5O.HI/c1-15(2)23(16(3)4)14-12-22-19(20-6)21-11-10-18(25)24-13-8-7-9-17(24)5;/h15-17H,7-14H2,1-6H3,(H2,20,21,22);1H. The summed E-state index contributed by atoms with van der Waals surface area (Å²) in [4.78, 5) is 21.1. The van der Waals surface area contributed by atoms with Gasteiger partial charge in [-0.2, -0.15) is 0 Å². The number of carbonyl (C=O) groups is 1. The predicted molar refractivity (Wildman–Crippen MR) is 121 cm³/mol. The van der Waals surface area contributed by atoms with Crippen LogP contribution < -0.4 is 10.6 Å². The zero-order chi connectivity index (χ0) is 18.8. The Bertz CT molecular complexity index is 420. The Labute approximate surface area is 177 Å². The molecule has 0 aromatic rings. The summed E-state index contributed by atoms with van der Waals surface area (Å²) >= 11 is 0. The van der Waals surface area contributed by atoms with E-state index in [2.05, 4.69) is 55.1 Å². The summed E-state index contributed by atoms with van der Waals surface area (Å²) in [7, 11) is 1.77. The van der Waals surface area contributed by atoms with Gasteiger partial charge in [-0.25, -0.2) is 0 Å². The molecule has 1 saturated heterocycles. The summed E-state index contributed by atoms with van der Waals surface area (Å²) in [5.74, 6) is 1.02. The van der Waals surface area contributed by atoms with E-state index in [0.29, 0.717) is 31.1 Å². The van der Waals surface area contributed by atoms with Crippen LogP contribution in [0.4, 0.5) is 0 Å².